The molecule has 60 valence electrons. The first-order valence-corrected chi connectivity index (χ1v) is 4.29. The van der Waals surface area contributed by atoms with Crippen LogP contribution in [0.3, 0.4) is 0 Å². The van der Waals surface area contributed by atoms with Crippen LogP contribution in [0.2, 0.25) is 0 Å². The van der Waals surface area contributed by atoms with E-state index in [1.807, 2.05) is 5.38 Å². The van der Waals surface area contributed by atoms with Crippen molar-refractivity contribution >= 4 is 11.3 Å². The lowest BCUT2D eigenvalue weighted by Gasteiger charge is -1.93. The molecule has 0 radical (unpaired) electrons. The molecular weight excluding hydrogens is 172 g/mol. The van der Waals surface area contributed by atoms with Crippen molar-refractivity contribution in [1.29, 1.82) is 0 Å². The molecule has 2 heterocycles. The van der Waals surface area contributed by atoms with Crippen LogP contribution in [0.4, 0.5) is 0 Å². The van der Waals surface area contributed by atoms with Gasteiger partial charge in [-0.25, -0.2) is 9.97 Å². The van der Waals surface area contributed by atoms with Crippen LogP contribution in [0.1, 0.15) is 0 Å². The SMILES string of the molecule is Oc1ccc(-c2nccs2)nc1. The average molecular weight is 178 g/mol. The fourth-order valence-corrected chi connectivity index (χ4v) is 1.48. The van der Waals surface area contributed by atoms with Gasteiger partial charge in [0.05, 0.1) is 11.9 Å². The minimum atomic E-state index is 0.176. The maximum Gasteiger partial charge on any atom is 0.141 e. The molecule has 0 saturated heterocycles. The first kappa shape index (κ1) is 7.24. The van der Waals surface area contributed by atoms with E-state index in [-0.39, 0.29) is 5.75 Å². The molecule has 0 aliphatic carbocycles. The third-order valence-corrected chi connectivity index (χ3v) is 2.19. The van der Waals surface area contributed by atoms with Gasteiger partial charge in [-0.1, -0.05) is 0 Å². The minimum Gasteiger partial charge on any atom is -0.506 e. The van der Waals surface area contributed by atoms with E-state index in [2.05, 4.69) is 9.97 Å². The predicted molar refractivity (Wildman–Crippen MR) is 47.0 cm³/mol. The zero-order valence-corrected chi connectivity index (χ0v) is 6.95. The normalized spacial score (nSPS) is 10.0. The molecule has 0 fully saturated rings. The van der Waals surface area contributed by atoms with Crippen LogP contribution < -0.4 is 0 Å². The Balaban J connectivity index is 2.43. The summed E-state index contributed by atoms with van der Waals surface area (Å²) in [5, 5.41) is 11.7. The summed E-state index contributed by atoms with van der Waals surface area (Å²) >= 11 is 1.53. The fraction of sp³-hybridized carbons (Fsp3) is 0. The van der Waals surface area contributed by atoms with Crippen molar-refractivity contribution < 1.29 is 5.11 Å². The molecule has 0 atom stereocenters. The number of hydrogen-bond donors (Lipinski definition) is 1. The van der Waals surface area contributed by atoms with Crippen LogP contribution >= 0.6 is 11.3 Å². The van der Waals surface area contributed by atoms with Gasteiger partial charge >= 0.3 is 0 Å². The van der Waals surface area contributed by atoms with Crippen molar-refractivity contribution in [2.45, 2.75) is 0 Å². The van der Waals surface area contributed by atoms with Crippen LogP contribution in [-0.2, 0) is 0 Å². The molecule has 2 rings (SSSR count). The summed E-state index contributed by atoms with van der Waals surface area (Å²) in [6.07, 6.45) is 3.14. The topological polar surface area (TPSA) is 46.0 Å². The highest BCUT2D eigenvalue weighted by Gasteiger charge is 2.00. The summed E-state index contributed by atoms with van der Waals surface area (Å²) < 4.78 is 0. The van der Waals surface area contributed by atoms with Crippen molar-refractivity contribution in [2.24, 2.45) is 0 Å². The zero-order valence-electron chi connectivity index (χ0n) is 6.14. The van der Waals surface area contributed by atoms with Crippen LogP contribution in [-0.4, -0.2) is 15.1 Å². The van der Waals surface area contributed by atoms with Crippen molar-refractivity contribution in [1.82, 2.24) is 9.97 Å². The number of aromatic nitrogens is 2. The largest absolute Gasteiger partial charge is 0.506 e. The molecule has 0 amide bonds. The van der Waals surface area contributed by atoms with Gasteiger partial charge in [-0.3, -0.25) is 0 Å². The lowest BCUT2D eigenvalue weighted by molar-refractivity contribution is 0.473. The summed E-state index contributed by atoms with van der Waals surface area (Å²) in [6, 6.07) is 3.35. The molecule has 4 heteroatoms. The second-order valence-electron chi connectivity index (χ2n) is 2.24. The van der Waals surface area contributed by atoms with Crippen LogP contribution in [0.5, 0.6) is 5.75 Å². The molecule has 2 aromatic heterocycles. The smallest absolute Gasteiger partial charge is 0.141 e. The quantitative estimate of drug-likeness (QED) is 0.725. The summed E-state index contributed by atoms with van der Waals surface area (Å²) in [5.74, 6) is 0.176. The predicted octanol–water partition coefficient (Wildman–Crippen LogP) is 1.91. The van der Waals surface area contributed by atoms with Crippen molar-refractivity contribution in [3.8, 4) is 16.5 Å². The second-order valence-corrected chi connectivity index (χ2v) is 3.13. The third kappa shape index (κ3) is 1.29. The fourth-order valence-electron chi connectivity index (χ4n) is 0.863. The third-order valence-electron chi connectivity index (χ3n) is 1.40. The number of aromatic hydroxyl groups is 1. The van der Waals surface area contributed by atoms with Gasteiger partial charge in [0.1, 0.15) is 10.8 Å². The molecule has 0 aromatic carbocycles. The Morgan fingerprint density at radius 1 is 1.25 bits per heavy atom. The molecule has 0 aliphatic rings. The van der Waals surface area contributed by atoms with E-state index in [9.17, 15) is 0 Å². The molecule has 0 spiro atoms. The van der Waals surface area contributed by atoms with Gasteiger partial charge in [-0.15, -0.1) is 11.3 Å². The summed E-state index contributed by atoms with van der Waals surface area (Å²) in [6.45, 7) is 0. The number of thiazole rings is 1. The van der Waals surface area contributed by atoms with Gasteiger partial charge in [-0.05, 0) is 12.1 Å². The standard InChI is InChI=1S/C8H6N2OS/c11-6-1-2-7(10-5-6)8-9-3-4-12-8/h1-5,11H. The van der Waals surface area contributed by atoms with E-state index in [1.165, 1.54) is 17.5 Å². The number of hydrogen-bond acceptors (Lipinski definition) is 4. The van der Waals surface area contributed by atoms with E-state index >= 15 is 0 Å². The Hall–Kier alpha value is -1.42. The second kappa shape index (κ2) is 2.91. The van der Waals surface area contributed by atoms with E-state index in [0.29, 0.717) is 0 Å². The molecule has 0 bridgehead atoms. The zero-order chi connectivity index (χ0) is 8.39. The number of pyridine rings is 1. The lowest BCUT2D eigenvalue weighted by atomic mass is 10.3. The number of rotatable bonds is 1. The van der Waals surface area contributed by atoms with Gasteiger partial charge in [-0.2, -0.15) is 0 Å². The molecule has 1 N–H and O–H groups in total. The Morgan fingerprint density at radius 3 is 2.75 bits per heavy atom. The Bertz CT molecular complexity index is 355. The maximum absolute atomic E-state index is 8.97. The van der Waals surface area contributed by atoms with Gasteiger partial charge in [0, 0.05) is 11.6 Å². The first-order chi connectivity index (χ1) is 5.86. The molecule has 2 aromatic rings. The first-order valence-electron chi connectivity index (χ1n) is 3.41. The lowest BCUT2D eigenvalue weighted by Crippen LogP contribution is -1.79. The van der Waals surface area contributed by atoms with Gasteiger partial charge < -0.3 is 5.11 Å². The van der Waals surface area contributed by atoms with E-state index in [0.717, 1.165) is 10.7 Å². The Kier molecular flexibility index (Phi) is 1.75. The van der Waals surface area contributed by atoms with Gasteiger partial charge in [0.25, 0.3) is 0 Å². The highest BCUT2D eigenvalue weighted by molar-refractivity contribution is 7.13. The summed E-state index contributed by atoms with van der Waals surface area (Å²) in [5.41, 5.74) is 0.794. The molecule has 12 heavy (non-hydrogen) atoms. The highest BCUT2D eigenvalue weighted by atomic mass is 32.1. The summed E-state index contributed by atoms with van der Waals surface area (Å²) in [4.78, 5) is 8.11. The minimum absolute atomic E-state index is 0.176. The average Bonchev–Trinajstić information content (AvgIpc) is 2.58. The van der Waals surface area contributed by atoms with Crippen molar-refractivity contribution in [3.05, 3.63) is 29.9 Å². The van der Waals surface area contributed by atoms with Crippen molar-refractivity contribution in [2.75, 3.05) is 0 Å². The van der Waals surface area contributed by atoms with E-state index in [1.54, 1.807) is 18.3 Å². The molecular formula is C8H6N2OS. The van der Waals surface area contributed by atoms with Crippen LogP contribution in [0.25, 0.3) is 10.7 Å². The van der Waals surface area contributed by atoms with E-state index in [4.69, 9.17) is 5.11 Å². The highest BCUT2D eigenvalue weighted by Crippen LogP contribution is 2.20. The number of nitrogens with zero attached hydrogens (tertiary/aromatic N) is 2. The molecule has 0 aliphatic heterocycles. The van der Waals surface area contributed by atoms with Crippen LogP contribution in [0, 0.1) is 0 Å². The molecule has 3 nitrogen and oxygen atoms in total. The molecule has 0 unspecified atom stereocenters. The van der Waals surface area contributed by atoms with Crippen molar-refractivity contribution in [3.63, 3.8) is 0 Å². The Morgan fingerprint density at radius 2 is 2.17 bits per heavy atom. The summed E-state index contributed by atoms with van der Waals surface area (Å²) in [7, 11) is 0. The van der Waals surface area contributed by atoms with Gasteiger partial charge in [0.2, 0.25) is 0 Å². The van der Waals surface area contributed by atoms with Gasteiger partial charge in [0.15, 0.2) is 0 Å². The monoisotopic (exact) mass is 178 g/mol. The van der Waals surface area contributed by atoms with Crippen LogP contribution in [0.15, 0.2) is 29.9 Å². The van der Waals surface area contributed by atoms with E-state index < -0.39 is 0 Å². The molecule has 0 saturated carbocycles. The Labute approximate surface area is 73.4 Å². The maximum atomic E-state index is 8.97.